The highest BCUT2D eigenvalue weighted by Gasteiger charge is 2.25. The van der Waals surface area contributed by atoms with Gasteiger partial charge in [-0.25, -0.2) is 19.4 Å². The molecule has 2 aromatic carbocycles. The predicted molar refractivity (Wildman–Crippen MR) is 98.8 cm³/mol. The number of carbonyl (C=O) groups is 3. The van der Waals surface area contributed by atoms with Crippen molar-refractivity contribution < 1.29 is 29.7 Å². The first-order valence-electron chi connectivity index (χ1n) is 8.25. The Bertz CT molecular complexity index is 1080. The molecule has 0 fully saturated rings. The van der Waals surface area contributed by atoms with E-state index in [0.717, 1.165) is 5.56 Å². The van der Waals surface area contributed by atoms with Crippen molar-refractivity contribution in [2.24, 2.45) is 0 Å². The third kappa shape index (κ3) is 3.48. The number of hydrogen-bond donors (Lipinski definition) is 3. The van der Waals surface area contributed by atoms with Crippen LogP contribution in [0.1, 0.15) is 42.7 Å². The number of imidazole rings is 1. The van der Waals surface area contributed by atoms with Gasteiger partial charge in [0.25, 0.3) is 0 Å². The molecule has 8 nitrogen and oxygen atoms in total. The van der Waals surface area contributed by atoms with Gasteiger partial charge in [-0.2, -0.15) is 0 Å². The second kappa shape index (κ2) is 7.36. The molecule has 0 bridgehead atoms. The number of benzene rings is 2. The minimum atomic E-state index is -1.40. The molecule has 0 aliphatic carbocycles. The van der Waals surface area contributed by atoms with Crippen molar-refractivity contribution in [2.45, 2.75) is 13.5 Å². The number of aromatic nitrogens is 2. The third-order valence-corrected chi connectivity index (χ3v) is 4.33. The molecule has 0 aliphatic rings. The van der Waals surface area contributed by atoms with Gasteiger partial charge in [-0.15, -0.1) is 0 Å². The van der Waals surface area contributed by atoms with E-state index >= 15 is 0 Å². The van der Waals surface area contributed by atoms with Gasteiger partial charge in [0.2, 0.25) is 0 Å². The molecule has 8 heteroatoms. The normalized spacial score (nSPS) is 10.6. The molecule has 0 radical (unpaired) electrons. The Morgan fingerprint density at radius 3 is 2.11 bits per heavy atom. The number of aryl methyl sites for hydroxylation is 1. The van der Waals surface area contributed by atoms with Crippen LogP contribution in [0.25, 0.3) is 11.1 Å². The molecule has 3 N–H and O–H groups in total. The zero-order chi connectivity index (χ0) is 20.4. The monoisotopic (exact) mass is 380 g/mol. The van der Waals surface area contributed by atoms with Crippen LogP contribution in [0.15, 0.2) is 48.5 Å². The minimum absolute atomic E-state index is 0.120. The Kier molecular flexibility index (Phi) is 4.95. The van der Waals surface area contributed by atoms with E-state index in [1.807, 2.05) is 0 Å². The van der Waals surface area contributed by atoms with Crippen molar-refractivity contribution in [1.29, 1.82) is 0 Å². The Labute approximate surface area is 159 Å². The van der Waals surface area contributed by atoms with E-state index in [1.165, 1.54) is 17.6 Å². The van der Waals surface area contributed by atoms with Crippen LogP contribution in [0, 0.1) is 6.92 Å². The maximum absolute atomic E-state index is 11.5. The Balaban J connectivity index is 1.96. The summed E-state index contributed by atoms with van der Waals surface area (Å²) in [4.78, 5) is 38.0. The lowest BCUT2D eigenvalue weighted by molar-refractivity contribution is 0.0640. The first kappa shape index (κ1) is 18.8. The molecule has 0 amide bonds. The molecule has 3 rings (SSSR count). The molecule has 0 unspecified atom stereocenters. The van der Waals surface area contributed by atoms with Gasteiger partial charge < -0.3 is 19.9 Å². The van der Waals surface area contributed by atoms with Crippen molar-refractivity contribution in [3.8, 4) is 11.1 Å². The van der Waals surface area contributed by atoms with Crippen LogP contribution in [0.4, 0.5) is 0 Å². The Morgan fingerprint density at radius 2 is 1.54 bits per heavy atom. The molecule has 0 atom stereocenters. The van der Waals surface area contributed by atoms with Gasteiger partial charge in [0.05, 0.1) is 5.56 Å². The summed E-state index contributed by atoms with van der Waals surface area (Å²) in [5, 5.41) is 27.9. The molecule has 0 saturated carbocycles. The number of nitrogens with zero attached hydrogens (tertiary/aromatic N) is 2. The van der Waals surface area contributed by atoms with Crippen LogP contribution in [0.2, 0.25) is 0 Å². The molecule has 3 aromatic rings. The molecule has 142 valence electrons. The second-order valence-electron chi connectivity index (χ2n) is 6.10. The summed E-state index contributed by atoms with van der Waals surface area (Å²) in [6.07, 6.45) is 0. The van der Waals surface area contributed by atoms with E-state index < -0.39 is 23.6 Å². The molecular weight excluding hydrogens is 364 g/mol. The van der Waals surface area contributed by atoms with Crippen LogP contribution < -0.4 is 0 Å². The quantitative estimate of drug-likeness (QED) is 0.599. The summed E-state index contributed by atoms with van der Waals surface area (Å²) in [6, 6.07) is 13.6. The van der Waals surface area contributed by atoms with Crippen molar-refractivity contribution in [2.75, 3.05) is 0 Å². The zero-order valence-corrected chi connectivity index (χ0v) is 14.8. The number of carboxylic acid groups (broad SMARTS) is 3. The highest BCUT2D eigenvalue weighted by molar-refractivity contribution is 5.99. The number of rotatable bonds is 6. The number of carboxylic acids is 3. The fraction of sp³-hybridized carbons (Fsp3) is 0.100. The van der Waals surface area contributed by atoms with Gasteiger partial charge in [-0.1, -0.05) is 42.5 Å². The highest BCUT2D eigenvalue weighted by atomic mass is 16.4. The van der Waals surface area contributed by atoms with Crippen molar-refractivity contribution in [1.82, 2.24) is 9.55 Å². The first-order valence-corrected chi connectivity index (χ1v) is 8.25. The average molecular weight is 380 g/mol. The average Bonchev–Trinajstić information content (AvgIpc) is 2.99. The topological polar surface area (TPSA) is 130 Å². The van der Waals surface area contributed by atoms with Crippen LogP contribution >= 0.6 is 0 Å². The summed E-state index contributed by atoms with van der Waals surface area (Å²) in [6.45, 7) is 1.66. The SMILES string of the molecule is Cc1nc(C(=O)O)c(C(=O)O)n1Cc1ccc(-c2ccccc2C(=O)O)cc1. The van der Waals surface area contributed by atoms with Gasteiger partial charge in [-0.3, -0.25) is 0 Å². The van der Waals surface area contributed by atoms with Gasteiger partial charge in [0, 0.05) is 6.54 Å². The van der Waals surface area contributed by atoms with E-state index in [9.17, 15) is 24.6 Å². The Morgan fingerprint density at radius 1 is 0.893 bits per heavy atom. The largest absolute Gasteiger partial charge is 0.478 e. The number of aromatic carboxylic acids is 3. The second-order valence-corrected chi connectivity index (χ2v) is 6.10. The standard InChI is InChI=1S/C20H16N2O6/c1-11-21-16(19(25)26)17(20(27)28)22(11)10-12-6-8-13(9-7-12)14-4-2-3-5-15(14)18(23)24/h2-9H,10H2,1H3,(H,23,24)(H,25,26)(H,27,28). The van der Waals surface area contributed by atoms with Crippen molar-refractivity contribution in [3.05, 3.63) is 76.9 Å². The summed E-state index contributed by atoms with van der Waals surface area (Å²) >= 11 is 0. The lowest BCUT2D eigenvalue weighted by Gasteiger charge is -2.10. The fourth-order valence-corrected chi connectivity index (χ4v) is 3.02. The maximum Gasteiger partial charge on any atom is 0.357 e. The third-order valence-electron chi connectivity index (χ3n) is 4.33. The summed E-state index contributed by atoms with van der Waals surface area (Å²) < 4.78 is 1.33. The molecule has 28 heavy (non-hydrogen) atoms. The van der Waals surface area contributed by atoms with Crippen molar-refractivity contribution in [3.63, 3.8) is 0 Å². The molecule has 1 aromatic heterocycles. The van der Waals surface area contributed by atoms with Crippen LogP contribution in [-0.2, 0) is 6.54 Å². The lowest BCUT2D eigenvalue weighted by atomic mass is 9.99. The molecular formula is C20H16N2O6. The van der Waals surface area contributed by atoms with Gasteiger partial charge in [0.15, 0.2) is 11.4 Å². The van der Waals surface area contributed by atoms with Gasteiger partial charge in [-0.05, 0) is 29.7 Å². The van der Waals surface area contributed by atoms with Crippen molar-refractivity contribution >= 4 is 17.9 Å². The van der Waals surface area contributed by atoms with Crippen LogP contribution in [0.3, 0.4) is 0 Å². The van der Waals surface area contributed by atoms with E-state index in [4.69, 9.17) is 5.11 Å². The van der Waals surface area contributed by atoms with E-state index in [1.54, 1.807) is 42.5 Å². The maximum atomic E-state index is 11.5. The summed E-state index contributed by atoms with van der Waals surface area (Å²) in [5.41, 5.74) is 1.28. The smallest absolute Gasteiger partial charge is 0.357 e. The predicted octanol–water partition coefficient (Wildman–Crippen LogP) is 3.00. The minimum Gasteiger partial charge on any atom is -0.478 e. The molecule has 1 heterocycles. The zero-order valence-electron chi connectivity index (χ0n) is 14.8. The van der Waals surface area contributed by atoms with Gasteiger partial charge >= 0.3 is 17.9 Å². The fourth-order valence-electron chi connectivity index (χ4n) is 3.02. The first-order chi connectivity index (χ1) is 13.3. The van der Waals surface area contributed by atoms with E-state index in [-0.39, 0.29) is 23.6 Å². The lowest BCUT2D eigenvalue weighted by Crippen LogP contribution is -2.14. The Hall–Kier alpha value is -3.94. The molecule has 0 spiro atoms. The van der Waals surface area contributed by atoms with E-state index in [0.29, 0.717) is 11.1 Å². The van der Waals surface area contributed by atoms with E-state index in [2.05, 4.69) is 4.98 Å². The van der Waals surface area contributed by atoms with Gasteiger partial charge in [0.1, 0.15) is 5.82 Å². The summed E-state index contributed by atoms with van der Waals surface area (Å²) in [5.74, 6) is -3.53. The van der Waals surface area contributed by atoms with Crippen LogP contribution in [0.5, 0.6) is 0 Å². The molecule has 0 saturated heterocycles. The molecule has 0 aliphatic heterocycles. The summed E-state index contributed by atoms with van der Waals surface area (Å²) in [7, 11) is 0. The highest BCUT2D eigenvalue weighted by Crippen LogP contribution is 2.25. The number of hydrogen-bond acceptors (Lipinski definition) is 4. The van der Waals surface area contributed by atoms with Crippen LogP contribution in [-0.4, -0.2) is 42.8 Å².